The van der Waals surface area contributed by atoms with Crippen LogP contribution in [0.25, 0.3) is 0 Å². The standard InChI is InChI=1S/C23H34N2O4/c1-14(2)16-13-24-20(27)17(16)18(26)19(25-21(28)29-22(3,4)5)23(6,7)15-11-9-8-10-12-15/h8-12,14,16-17,19H,13H2,1-7H3,(H,24,27)(H,25,28)/t16-,17-,19+/m0/s1. The highest BCUT2D eigenvalue weighted by atomic mass is 16.6. The van der Waals surface area contributed by atoms with Crippen LogP contribution in [0.2, 0.25) is 0 Å². The Kier molecular flexibility index (Phi) is 6.76. The summed E-state index contributed by atoms with van der Waals surface area (Å²) in [5.74, 6) is -1.29. The molecule has 0 unspecified atom stereocenters. The van der Waals surface area contributed by atoms with Gasteiger partial charge in [0.15, 0.2) is 5.78 Å². The number of carbonyl (C=O) groups excluding carboxylic acids is 3. The summed E-state index contributed by atoms with van der Waals surface area (Å²) in [7, 11) is 0. The number of carbonyl (C=O) groups is 3. The van der Waals surface area contributed by atoms with Gasteiger partial charge in [-0.2, -0.15) is 0 Å². The zero-order valence-electron chi connectivity index (χ0n) is 18.5. The molecule has 6 nitrogen and oxygen atoms in total. The van der Waals surface area contributed by atoms with Crippen LogP contribution in [0.4, 0.5) is 4.79 Å². The van der Waals surface area contributed by atoms with E-state index in [0.717, 1.165) is 5.56 Å². The van der Waals surface area contributed by atoms with E-state index >= 15 is 0 Å². The number of ketones is 1. The summed E-state index contributed by atoms with van der Waals surface area (Å²) in [6.45, 7) is 13.6. The number of benzene rings is 1. The number of amides is 2. The molecule has 1 aromatic rings. The van der Waals surface area contributed by atoms with Gasteiger partial charge in [-0.25, -0.2) is 4.79 Å². The summed E-state index contributed by atoms with van der Waals surface area (Å²) >= 11 is 0. The second kappa shape index (κ2) is 8.56. The van der Waals surface area contributed by atoms with Crippen molar-refractivity contribution in [2.75, 3.05) is 6.54 Å². The monoisotopic (exact) mass is 402 g/mol. The Balaban J connectivity index is 2.42. The van der Waals surface area contributed by atoms with E-state index in [0.29, 0.717) is 6.54 Å². The van der Waals surface area contributed by atoms with Gasteiger partial charge in [-0.3, -0.25) is 9.59 Å². The Morgan fingerprint density at radius 1 is 1.10 bits per heavy atom. The van der Waals surface area contributed by atoms with Gasteiger partial charge in [0.25, 0.3) is 0 Å². The molecule has 2 rings (SSSR count). The molecule has 0 bridgehead atoms. The molecular weight excluding hydrogens is 368 g/mol. The molecule has 0 spiro atoms. The zero-order valence-corrected chi connectivity index (χ0v) is 18.5. The fourth-order valence-electron chi connectivity index (χ4n) is 3.85. The first-order valence-corrected chi connectivity index (χ1v) is 10.2. The second-order valence-electron chi connectivity index (χ2n) is 9.70. The van der Waals surface area contributed by atoms with Gasteiger partial charge in [-0.15, -0.1) is 0 Å². The maximum absolute atomic E-state index is 13.7. The van der Waals surface area contributed by atoms with E-state index in [1.54, 1.807) is 20.8 Å². The normalized spacial score (nSPS) is 20.9. The number of hydrogen-bond acceptors (Lipinski definition) is 4. The van der Waals surface area contributed by atoms with Crippen molar-refractivity contribution in [2.24, 2.45) is 17.8 Å². The molecule has 1 heterocycles. The second-order valence-corrected chi connectivity index (χ2v) is 9.70. The van der Waals surface area contributed by atoms with Crippen LogP contribution < -0.4 is 10.6 Å². The molecule has 0 saturated carbocycles. The largest absolute Gasteiger partial charge is 0.444 e. The molecule has 2 amide bonds. The van der Waals surface area contributed by atoms with E-state index in [1.165, 1.54) is 0 Å². The summed E-state index contributed by atoms with van der Waals surface area (Å²) in [4.78, 5) is 38.8. The predicted molar refractivity (Wildman–Crippen MR) is 112 cm³/mol. The summed E-state index contributed by atoms with van der Waals surface area (Å²) in [5, 5.41) is 5.59. The lowest BCUT2D eigenvalue weighted by atomic mass is 9.71. The maximum Gasteiger partial charge on any atom is 0.408 e. The SMILES string of the molecule is CC(C)[C@@H]1CNC(=O)[C@@H]1C(=O)[C@@H](NC(=O)OC(C)(C)C)C(C)(C)c1ccccc1. The average molecular weight is 403 g/mol. The Morgan fingerprint density at radius 2 is 1.69 bits per heavy atom. The highest BCUT2D eigenvalue weighted by Crippen LogP contribution is 2.34. The number of ether oxygens (including phenoxy) is 1. The molecule has 0 radical (unpaired) electrons. The lowest BCUT2D eigenvalue weighted by molar-refractivity contribution is -0.135. The molecule has 160 valence electrons. The van der Waals surface area contributed by atoms with Crippen LogP contribution in [0, 0.1) is 17.8 Å². The topological polar surface area (TPSA) is 84.5 Å². The van der Waals surface area contributed by atoms with Crippen LogP contribution in [-0.2, 0) is 19.7 Å². The third-order valence-corrected chi connectivity index (χ3v) is 5.57. The summed E-state index contributed by atoms with van der Waals surface area (Å²) in [5.41, 5.74) is -0.534. The van der Waals surface area contributed by atoms with Crippen molar-refractivity contribution in [1.29, 1.82) is 0 Å². The molecule has 1 aliphatic heterocycles. The summed E-state index contributed by atoms with van der Waals surface area (Å²) < 4.78 is 5.41. The molecule has 3 atom stereocenters. The lowest BCUT2D eigenvalue weighted by Gasteiger charge is -2.37. The van der Waals surface area contributed by atoms with E-state index in [1.807, 2.05) is 58.0 Å². The van der Waals surface area contributed by atoms with E-state index in [9.17, 15) is 14.4 Å². The van der Waals surface area contributed by atoms with Gasteiger partial charge in [0.1, 0.15) is 17.6 Å². The van der Waals surface area contributed by atoms with Crippen LogP contribution >= 0.6 is 0 Å². The molecule has 29 heavy (non-hydrogen) atoms. The van der Waals surface area contributed by atoms with Crippen molar-refractivity contribution in [3.63, 3.8) is 0 Å². The van der Waals surface area contributed by atoms with Crippen molar-refractivity contribution in [2.45, 2.75) is 65.5 Å². The number of nitrogens with one attached hydrogen (secondary N) is 2. The van der Waals surface area contributed by atoms with Gasteiger partial charge in [0, 0.05) is 12.0 Å². The number of rotatable bonds is 6. The summed E-state index contributed by atoms with van der Waals surface area (Å²) in [6, 6.07) is 8.63. The highest BCUT2D eigenvalue weighted by molar-refractivity contribution is 6.06. The molecule has 0 aliphatic carbocycles. The minimum Gasteiger partial charge on any atom is -0.444 e. The number of Topliss-reactive ketones (excluding diaryl/α,β-unsaturated/α-hetero) is 1. The fraction of sp³-hybridized carbons (Fsp3) is 0.609. The zero-order chi connectivity index (χ0) is 22.0. The maximum atomic E-state index is 13.7. The molecule has 1 fully saturated rings. The molecule has 1 saturated heterocycles. The van der Waals surface area contributed by atoms with Gasteiger partial charge in [-0.05, 0) is 38.2 Å². The summed E-state index contributed by atoms with van der Waals surface area (Å²) in [6.07, 6.45) is -0.667. The van der Waals surface area contributed by atoms with E-state index in [4.69, 9.17) is 4.74 Å². The van der Waals surface area contributed by atoms with Crippen LogP contribution in [-0.4, -0.2) is 36.0 Å². The highest BCUT2D eigenvalue weighted by Gasteiger charge is 2.48. The van der Waals surface area contributed by atoms with Gasteiger partial charge in [-0.1, -0.05) is 58.0 Å². The van der Waals surface area contributed by atoms with Crippen molar-refractivity contribution >= 4 is 17.8 Å². The van der Waals surface area contributed by atoms with Gasteiger partial charge in [0.05, 0.1) is 0 Å². The first-order valence-electron chi connectivity index (χ1n) is 10.2. The van der Waals surface area contributed by atoms with Crippen LogP contribution in [0.1, 0.15) is 54.0 Å². The van der Waals surface area contributed by atoms with E-state index in [2.05, 4.69) is 10.6 Å². The Labute approximate surface area is 173 Å². The predicted octanol–water partition coefficient (Wildman–Crippen LogP) is 3.44. The first-order chi connectivity index (χ1) is 13.3. The first kappa shape index (κ1) is 22.9. The van der Waals surface area contributed by atoms with Gasteiger partial charge >= 0.3 is 6.09 Å². The minimum absolute atomic E-state index is 0.107. The van der Waals surface area contributed by atoms with Crippen molar-refractivity contribution in [1.82, 2.24) is 10.6 Å². The van der Waals surface area contributed by atoms with E-state index < -0.39 is 29.1 Å². The quantitative estimate of drug-likeness (QED) is 0.714. The smallest absolute Gasteiger partial charge is 0.408 e. The van der Waals surface area contributed by atoms with Crippen molar-refractivity contribution in [3.05, 3.63) is 35.9 Å². The Hall–Kier alpha value is -2.37. The minimum atomic E-state index is -0.908. The van der Waals surface area contributed by atoms with Crippen molar-refractivity contribution < 1.29 is 19.1 Å². The number of hydrogen-bond donors (Lipinski definition) is 2. The molecule has 1 aromatic carbocycles. The average Bonchev–Trinajstić information content (AvgIpc) is 3.00. The lowest BCUT2D eigenvalue weighted by Crippen LogP contribution is -2.56. The fourth-order valence-corrected chi connectivity index (χ4v) is 3.85. The van der Waals surface area contributed by atoms with Crippen LogP contribution in [0.5, 0.6) is 0 Å². The third kappa shape index (κ3) is 5.37. The van der Waals surface area contributed by atoms with Crippen molar-refractivity contribution in [3.8, 4) is 0 Å². The van der Waals surface area contributed by atoms with Gasteiger partial charge < -0.3 is 15.4 Å². The third-order valence-electron chi connectivity index (χ3n) is 5.57. The molecule has 2 N–H and O–H groups in total. The van der Waals surface area contributed by atoms with Crippen LogP contribution in [0.3, 0.4) is 0 Å². The Bertz CT molecular complexity index is 750. The molecule has 6 heteroatoms. The number of alkyl carbamates (subject to hydrolysis) is 1. The van der Waals surface area contributed by atoms with Gasteiger partial charge in [0.2, 0.25) is 5.91 Å². The molecule has 1 aliphatic rings. The van der Waals surface area contributed by atoms with Crippen LogP contribution in [0.15, 0.2) is 30.3 Å². The van der Waals surface area contributed by atoms with E-state index in [-0.39, 0.29) is 23.5 Å². The molecular formula is C23H34N2O4. The Morgan fingerprint density at radius 3 is 2.21 bits per heavy atom. The molecule has 0 aromatic heterocycles.